The predicted octanol–water partition coefficient (Wildman–Crippen LogP) is 1.47. The first-order valence-corrected chi connectivity index (χ1v) is 9.83. The number of hydrogen-bond acceptors (Lipinski definition) is 6. The van der Waals surface area contributed by atoms with Crippen molar-refractivity contribution in [2.45, 2.75) is 43.0 Å². The van der Waals surface area contributed by atoms with Gasteiger partial charge in [0.05, 0.1) is 18.6 Å². The van der Waals surface area contributed by atoms with Gasteiger partial charge in [-0.3, -0.25) is 9.63 Å². The topological polar surface area (TPSA) is 102 Å². The highest BCUT2D eigenvalue weighted by atomic mass is 32.2. The van der Waals surface area contributed by atoms with Gasteiger partial charge in [0.15, 0.2) is 0 Å². The number of amides is 1. The Morgan fingerprint density at radius 2 is 1.77 bits per heavy atom. The van der Waals surface area contributed by atoms with E-state index < -0.39 is 27.4 Å². The van der Waals surface area contributed by atoms with Gasteiger partial charge in [0.2, 0.25) is 0 Å². The lowest BCUT2D eigenvalue weighted by atomic mass is 9.97. The summed E-state index contributed by atoms with van der Waals surface area (Å²) >= 11 is 0. The molecule has 1 aromatic rings. The van der Waals surface area contributed by atoms with Crippen molar-refractivity contribution in [2.24, 2.45) is 0 Å². The zero-order valence-corrected chi connectivity index (χ0v) is 16.0. The Balaban J connectivity index is 2.18. The molecule has 0 saturated heterocycles. The molecule has 1 N–H and O–H groups in total. The monoisotopic (exact) mass is 384 g/mol. The molecule has 0 aromatic heterocycles. The zero-order chi connectivity index (χ0) is 19.4. The summed E-state index contributed by atoms with van der Waals surface area (Å²) in [5.41, 5.74) is -0.742. The Kier molecular flexibility index (Phi) is 6.38. The molecule has 144 valence electrons. The van der Waals surface area contributed by atoms with Crippen LogP contribution < -0.4 is 5.32 Å². The third kappa shape index (κ3) is 4.05. The van der Waals surface area contributed by atoms with E-state index in [2.05, 4.69) is 5.32 Å². The van der Waals surface area contributed by atoms with E-state index in [-0.39, 0.29) is 17.1 Å². The molecule has 1 aliphatic carbocycles. The maximum Gasteiger partial charge on any atom is 0.331 e. The molecule has 9 heteroatoms. The highest BCUT2D eigenvalue weighted by Crippen LogP contribution is 2.31. The van der Waals surface area contributed by atoms with E-state index in [9.17, 15) is 18.0 Å². The average Bonchev–Trinajstić information content (AvgIpc) is 3.11. The van der Waals surface area contributed by atoms with E-state index in [4.69, 9.17) is 9.57 Å². The summed E-state index contributed by atoms with van der Waals surface area (Å²) in [7, 11) is -1.26. The molecule has 0 unspecified atom stereocenters. The summed E-state index contributed by atoms with van der Waals surface area (Å²) in [5.74, 6) is -0.865. The van der Waals surface area contributed by atoms with Gasteiger partial charge in [-0.2, -0.15) is 0 Å². The number of esters is 1. The lowest BCUT2D eigenvalue weighted by molar-refractivity contribution is -0.150. The van der Waals surface area contributed by atoms with Gasteiger partial charge in [0.1, 0.15) is 5.54 Å². The highest BCUT2D eigenvalue weighted by Gasteiger charge is 2.44. The maximum atomic E-state index is 12.6. The smallest absolute Gasteiger partial charge is 0.331 e. The molecule has 26 heavy (non-hydrogen) atoms. The van der Waals surface area contributed by atoms with Crippen LogP contribution in [0.1, 0.15) is 43.0 Å². The number of hydroxylamine groups is 1. The molecule has 1 fully saturated rings. The van der Waals surface area contributed by atoms with Crippen molar-refractivity contribution in [3.05, 3.63) is 29.8 Å². The molecule has 0 radical (unpaired) electrons. The highest BCUT2D eigenvalue weighted by molar-refractivity contribution is 7.89. The average molecular weight is 384 g/mol. The molecule has 8 nitrogen and oxygen atoms in total. The first-order valence-electron chi connectivity index (χ1n) is 8.39. The van der Waals surface area contributed by atoms with Crippen molar-refractivity contribution in [3.63, 3.8) is 0 Å². The summed E-state index contributed by atoms with van der Waals surface area (Å²) in [6, 6.07) is 5.45. The van der Waals surface area contributed by atoms with Crippen molar-refractivity contribution in [3.8, 4) is 0 Å². The van der Waals surface area contributed by atoms with Crippen molar-refractivity contribution in [1.29, 1.82) is 0 Å². The zero-order valence-electron chi connectivity index (χ0n) is 15.1. The Morgan fingerprint density at radius 1 is 1.19 bits per heavy atom. The van der Waals surface area contributed by atoms with Crippen LogP contribution in [0.15, 0.2) is 29.2 Å². The van der Waals surface area contributed by atoms with E-state index in [1.54, 1.807) is 6.92 Å². The molecule has 1 saturated carbocycles. The summed E-state index contributed by atoms with van der Waals surface area (Å²) in [6.07, 6.45) is 2.73. The van der Waals surface area contributed by atoms with E-state index in [1.807, 2.05) is 0 Å². The van der Waals surface area contributed by atoms with Crippen LogP contribution in [0.25, 0.3) is 0 Å². The summed E-state index contributed by atoms with van der Waals surface area (Å²) in [4.78, 5) is 29.6. The predicted molar refractivity (Wildman–Crippen MR) is 93.7 cm³/mol. The second-order valence-corrected chi connectivity index (χ2v) is 8.02. The molecule has 1 aromatic carbocycles. The molecule has 0 aliphatic heterocycles. The van der Waals surface area contributed by atoms with Crippen molar-refractivity contribution in [2.75, 3.05) is 20.8 Å². The number of sulfonamides is 1. The van der Waals surface area contributed by atoms with E-state index >= 15 is 0 Å². The summed E-state index contributed by atoms with van der Waals surface area (Å²) in [6.45, 7) is 1.97. The molecule has 0 atom stereocenters. The Morgan fingerprint density at radius 3 is 2.27 bits per heavy atom. The number of rotatable bonds is 7. The van der Waals surface area contributed by atoms with Crippen LogP contribution in [-0.2, 0) is 24.4 Å². The van der Waals surface area contributed by atoms with Crippen LogP contribution >= 0.6 is 0 Å². The third-order valence-corrected chi connectivity index (χ3v) is 6.18. The molecule has 0 spiro atoms. The number of carbonyl (C=O) groups excluding carboxylic acids is 2. The quantitative estimate of drug-likeness (QED) is 0.564. The van der Waals surface area contributed by atoms with Crippen LogP contribution in [-0.4, -0.2) is 51.1 Å². The van der Waals surface area contributed by atoms with Crippen LogP contribution in [0.5, 0.6) is 0 Å². The fraction of sp³-hybridized carbons (Fsp3) is 0.529. The summed E-state index contributed by atoms with van der Waals surface area (Å²) < 4.78 is 30.2. The van der Waals surface area contributed by atoms with Crippen molar-refractivity contribution < 1.29 is 27.6 Å². The van der Waals surface area contributed by atoms with E-state index in [1.165, 1.54) is 38.4 Å². The van der Waals surface area contributed by atoms with Gasteiger partial charge in [-0.25, -0.2) is 13.2 Å². The SMILES string of the molecule is CCOC(=O)C1(NC(=O)c2ccc(S(=O)(=O)N(C)OC)cc2)CCCC1. The fourth-order valence-electron chi connectivity index (χ4n) is 2.94. The third-order valence-electron chi connectivity index (χ3n) is 4.49. The van der Waals surface area contributed by atoms with Gasteiger partial charge in [0.25, 0.3) is 15.9 Å². The first-order chi connectivity index (χ1) is 12.3. The van der Waals surface area contributed by atoms with Crippen LogP contribution in [0.2, 0.25) is 0 Å². The second-order valence-electron chi connectivity index (χ2n) is 6.09. The minimum Gasteiger partial charge on any atom is -0.464 e. The lowest BCUT2D eigenvalue weighted by Crippen LogP contribution is -2.53. The van der Waals surface area contributed by atoms with Crippen molar-refractivity contribution >= 4 is 21.9 Å². The van der Waals surface area contributed by atoms with Gasteiger partial charge >= 0.3 is 5.97 Å². The minimum atomic E-state index is -3.78. The normalized spacial score (nSPS) is 16.5. The molecular weight excluding hydrogens is 360 g/mol. The first kappa shape index (κ1) is 20.3. The Bertz CT molecular complexity index is 754. The summed E-state index contributed by atoms with van der Waals surface area (Å²) in [5, 5.41) is 2.79. The Hall–Kier alpha value is -1.97. The number of nitrogens with one attached hydrogen (secondary N) is 1. The van der Waals surface area contributed by atoms with Crippen LogP contribution in [0.3, 0.4) is 0 Å². The molecule has 0 heterocycles. The Labute approximate surface area is 153 Å². The number of carbonyl (C=O) groups is 2. The number of hydrogen-bond donors (Lipinski definition) is 1. The molecular formula is C17H24N2O6S. The number of benzene rings is 1. The molecule has 1 amide bonds. The number of nitrogens with zero attached hydrogens (tertiary/aromatic N) is 1. The van der Waals surface area contributed by atoms with E-state index in [0.717, 1.165) is 17.3 Å². The molecule has 1 aliphatic rings. The standard InChI is InChI=1S/C17H24N2O6S/c1-4-25-16(21)17(11-5-6-12-17)18-15(20)13-7-9-14(10-8-13)26(22,23)19(2)24-3/h7-10H,4-6,11-12H2,1-3H3,(H,18,20). The van der Waals surface area contributed by atoms with E-state index in [0.29, 0.717) is 12.8 Å². The molecule has 0 bridgehead atoms. The number of ether oxygens (including phenoxy) is 1. The van der Waals surface area contributed by atoms with Crippen molar-refractivity contribution in [1.82, 2.24) is 9.79 Å². The van der Waals surface area contributed by atoms with Crippen LogP contribution in [0.4, 0.5) is 0 Å². The molecule has 2 rings (SSSR count). The van der Waals surface area contributed by atoms with Gasteiger partial charge in [-0.15, -0.1) is 0 Å². The lowest BCUT2D eigenvalue weighted by Gasteiger charge is -2.27. The van der Waals surface area contributed by atoms with Crippen LogP contribution in [0, 0.1) is 0 Å². The van der Waals surface area contributed by atoms with Gasteiger partial charge in [0, 0.05) is 12.6 Å². The van der Waals surface area contributed by atoms with Gasteiger partial charge in [-0.05, 0) is 44.0 Å². The fourth-order valence-corrected chi connectivity index (χ4v) is 3.92. The largest absolute Gasteiger partial charge is 0.464 e. The second kappa shape index (κ2) is 8.15. The van der Waals surface area contributed by atoms with Gasteiger partial charge < -0.3 is 10.1 Å². The van der Waals surface area contributed by atoms with Gasteiger partial charge in [-0.1, -0.05) is 17.3 Å². The minimum absolute atomic E-state index is 0.000581. The maximum absolute atomic E-state index is 12.6.